The maximum atomic E-state index is 3.67. The fraction of sp³-hybridized carbons (Fsp3) is 0.760. The quantitative estimate of drug-likeness (QED) is 0.779. The Hall–Kier alpha value is -1.14. The molecule has 0 spiro atoms. The van der Waals surface area contributed by atoms with Gasteiger partial charge in [0.2, 0.25) is 0 Å². The normalized spacial score (nSPS) is 32.5. The van der Waals surface area contributed by atoms with Crippen molar-refractivity contribution >= 4 is 5.69 Å². The smallest absolute Gasteiger partial charge is 0.0367 e. The molecule has 5 rings (SSSR count). The van der Waals surface area contributed by atoms with Crippen LogP contribution in [-0.4, -0.2) is 74.2 Å². The average Bonchev–Trinajstić information content (AvgIpc) is 3.29. The van der Waals surface area contributed by atoms with Crippen LogP contribution in [0.15, 0.2) is 30.3 Å². The highest BCUT2D eigenvalue weighted by atomic mass is 15.4. The first kappa shape index (κ1) is 20.7. The van der Waals surface area contributed by atoms with Crippen molar-refractivity contribution in [3.63, 3.8) is 0 Å². The fourth-order valence-corrected chi connectivity index (χ4v) is 6.54. The van der Waals surface area contributed by atoms with Crippen LogP contribution in [0.3, 0.4) is 0 Å². The Morgan fingerprint density at radius 1 is 0.833 bits per heavy atom. The Labute approximate surface area is 183 Å². The summed E-state index contributed by atoms with van der Waals surface area (Å²) >= 11 is 0. The second-order valence-corrected chi connectivity index (χ2v) is 10.1. The minimum atomic E-state index is 0.695. The monoisotopic (exact) mass is 411 g/mol. The molecule has 166 valence electrons. The number of piperazine rings is 1. The van der Waals surface area contributed by atoms with Gasteiger partial charge < -0.3 is 9.80 Å². The van der Waals surface area contributed by atoms with E-state index in [1.54, 1.807) is 0 Å². The van der Waals surface area contributed by atoms with Crippen molar-refractivity contribution in [3.8, 4) is 0 Å². The zero-order valence-electron chi connectivity index (χ0n) is 18.6. The molecule has 2 N–H and O–H groups in total. The molecule has 3 aliphatic heterocycles. The molecule has 1 aliphatic carbocycles. The first-order valence-corrected chi connectivity index (χ1v) is 12.6. The van der Waals surface area contributed by atoms with Gasteiger partial charge in [-0.15, -0.1) is 0 Å². The van der Waals surface area contributed by atoms with Crippen molar-refractivity contribution in [2.24, 2.45) is 11.8 Å². The molecule has 0 bridgehead atoms. The highest BCUT2D eigenvalue weighted by Crippen LogP contribution is 2.31. The highest BCUT2D eigenvalue weighted by molar-refractivity contribution is 5.46. The van der Waals surface area contributed by atoms with Crippen molar-refractivity contribution in [1.29, 1.82) is 0 Å². The van der Waals surface area contributed by atoms with E-state index in [1.807, 2.05) is 0 Å². The predicted molar refractivity (Wildman–Crippen MR) is 125 cm³/mol. The minimum absolute atomic E-state index is 0.695. The fourth-order valence-electron chi connectivity index (χ4n) is 6.54. The predicted octanol–water partition coefficient (Wildman–Crippen LogP) is 2.95. The molecule has 3 atom stereocenters. The Morgan fingerprint density at radius 3 is 2.43 bits per heavy atom. The van der Waals surface area contributed by atoms with Gasteiger partial charge in [-0.25, -0.2) is 0 Å². The lowest BCUT2D eigenvalue weighted by Gasteiger charge is -2.44. The summed E-state index contributed by atoms with van der Waals surface area (Å²) in [5.41, 5.74) is 8.57. The zero-order valence-corrected chi connectivity index (χ0v) is 18.6. The molecule has 3 saturated heterocycles. The van der Waals surface area contributed by atoms with Gasteiger partial charge in [0, 0.05) is 69.5 Å². The molecule has 1 saturated carbocycles. The van der Waals surface area contributed by atoms with E-state index in [0.29, 0.717) is 6.04 Å². The lowest BCUT2D eigenvalue weighted by atomic mass is 9.79. The second-order valence-electron chi connectivity index (χ2n) is 10.1. The van der Waals surface area contributed by atoms with Crippen LogP contribution < -0.4 is 15.8 Å². The van der Waals surface area contributed by atoms with Crippen molar-refractivity contribution in [3.05, 3.63) is 30.3 Å². The van der Waals surface area contributed by atoms with Gasteiger partial charge in [0.25, 0.3) is 0 Å². The summed E-state index contributed by atoms with van der Waals surface area (Å²) in [7, 11) is 0. The number of anilines is 1. The molecule has 5 heteroatoms. The maximum absolute atomic E-state index is 3.67. The van der Waals surface area contributed by atoms with Crippen LogP contribution in [0.5, 0.6) is 0 Å². The first-order valence-electron chi connectivity index (χ1n) is 12.6. The molecule has 5 nitrogen and oxygen atoms in total. The standard InChI is InChI=1S/C25H41N5/c1-3-8-21(9-4-1)25-22(18-26-27-25)19-28-13-7-12-24(20-28)30-16-14-29(15-17-30)23-10-5-2-6-11-23/h2,5-6,10-11,21-22,24-27H,1,3-4,7-9,12-20H2. The summed E-state index contributed by atoms with van der Waals surface area (Å²) in [5, 5.41) is 0. The van der Waals surface area contributed by atoms with Crippen LogP contribution >= 0.6 is 0 Å². The number of nitrogens with one attached hydrogen (secondary N) is 2. The second kappa shape index (κ2) is 9.99. The summed E-state index contributed by atoms with van der Waals surface area (Å²) in [6, 6.07) is 12.4. The highest BCUT2D eigenvalue weighted by Gasteiger charge is 2.36. The summed E-state index contributed by atoms with van der Waals surface area (Å²) in [6.45, 7) is 9.77. The van der Waals surface area contributed by atoms with Crippen LogP contribution in [0.25, 0.3) is 0 Å². The third kappa shape index (κ3) is 4.85. The van der Waals surface area contributed by atoms with Gasteiger partial charge in [0.05, 0.1) is 0 Å². The Balaban J connectivity index is 1.12. The number of para-hydroxylation sites is 1. The number of benzene rings is 1. The van der Waals surface area contributed by atoms with Crippen LogP contribution in [0.4, 0.5) is 5.69 Å². The van der Waals surface area contributed by atoms with E-state index in [1.165, 1.54) is 96.4 Å². The maximum Gasteiger partial charge on any atom is 0.0367 e. The molecular formula is C25H41N5. The summed E-state index contributed by atoms with van der Waals surface area (Å²) in [6.07, 6.45) is 9.95. The molecule has 0 amide bonds. The van der Waals surface area contributed by atoms with Gasteiger partial charge in [0.15, 0.2) is 0 Å². The number of hydrogen-bond acceptors (Lipinski definition) is 5. The Morgan fingerprint density at radius 2 is 1.63 bits per heavy atom. The van der Waals surface area contributed by atoms with Gasteiger partial charge in [-0.3, -0.25) is 15.8 Å². The van der Waals surface area contributed by atoms with Crippen molar-refractivity contribution in [2.45, 2.75) is 57.0 Å². The van der Waals surface area contributed by atoms with E-state index in [9.17, 15) is 0 Å². The van der Waals surface area contributed by atoms with Gasteiger partial charge in [-0.1, -0.05) is 37.5 Å². The lowest BCUT2D eigenvalue weighted by Crippen LogP contribution is -2.56. The third-order valence-electron chi connectivity index (χ3n) is 8.22. The molecule has 4 fully saturated rings. The van der Waals surface area contributed by atoms with Gasteiger partial charge in [-0.2, -0.15) is 0 Å². The summed E-state index contributed by atoms with van der Waals surface area (Å²) in [5.74, 6) is 1.67. The van der Waals surface area contributed by atoms with E-state index in [4.69, 9.17) is 0 Å². The average molecular weight is 412 g/mol. The van der Waals surface area contributed by atoms with Gasteiger partial charge in [0.1, 0.15) is 0 Å². The molecule has 4 aliphatic rings. The number of hydrazine groups is 1. The Bertz CT molecular complexity index is 638. The number of hydrogen-bond donors (Lipinski definition) is 2. The molecule has 3 unspecified atom stereocenters. The van der Waals surface area contributed by atoms with E-state index in [0.717, 1.165) is 24.4 Å². The molecule has 30 heavy (non-hydrogen) atoms. The molecule has 0 aromatic heterocycles. The number of nitrogens with zero attached hydrogens (tertiary/aromatic N) is 3. The van der Waals surface area contributed by atoms with Crippen molar-refractivity contribution in [1.82, 2.24) is 20.7 Å². The first-order chi connectivity index (χ1) is 14.9. The van der Waals surface area contributed by atoms with Crippen LogP contribution in [0.2, 0.25) is 0 Å². The number of rotatable bonds is 5. The molecule has 1 aromatic rings. The van der Waals surface area contributed by atoms with E-state index in [2.05, 4.69) is 55.9 Å². The van der Waals surface area contributed by atoms with E-state index < -0.39 is 0 Å². The largest absolute Gasteiger partial charge is 0.369 e. The van der Waals surface area contributed by atoms with Crippen molar-refractivity contribution < 1.29 is 0 Å². The van der Waals surface area contributed by atoms with Crippen LogP contribution in [0, 0.1) is 11.8 Å². The van der Waals surface area contributed by atoms with Crippen LogP contribution in [-0.2, 0) is 0 Å². The lowest BCUT2D eigenvalue weighted by molar-refractivity contribution is 0.0789. The molecule has 0 radical (unpaired) electrons. The third-order valence-corrected chi connectivity index (χ3v) is 8.22. The Kier molecular flexibility index (Phi) is 6.91. The topological polar surface area (TPSA) is 33.8 Å². The minimum Gasteiger partial charge on any atom is -0.369 e. The molecular weight excluding hydrogens is 370 g/mol. The summed E-state index contributed by atoms with van der Waals surface area (Å²) in [4.78, 5) is 8.14. The number of piperidine rings is 1. The zero-order chi connectivity index (χ0) is 20.2. The number of likely N-dealkylation sites (tertiary alicyclic amines) is 1. The molecule has 1 aromatic carbocycles. The van der Waals surface area contributed by atoms with E-state index >= 15 is 0 Å². The van der Waals surface area contributed by atoms with Crippen LogP contribution in [0.1, 0.15) is 44.9 Å². The van der Waals surface area contributed by atoms with Crippen molar-refractivity contribution in [2.75, 3.05) is 57.3 Å². The van der Waals surface area contributed by atoms with E-state index in [-0.39, 0.29) is 0 Å². The summed E-state index contributed by atoms with van der Waals surface area (Å²) < 4.78 is 0. The molecule has 3 heterocycles. The SMILES string of the molecule is c1ccc(N2CCN(C3CCCN(CC4CNNC4C4CCCCC4)C3)CC2)cc1. The van der Waals surface area contributed by atoms with Gasteiger partial charge >= 0.3 is 0 Å². The van der Waals surface area contributed by atoms with Gasteiger partial charge in [-0.05, 0) is 50.3 Å².